The minimum atomic E-state index is -0.156. The fraction of sp³-hybridized carbons (Fsp3) is 0.750. The first-order valence-corrected chi connectivity index (χ1v) is 8.99. The average Bonchev–Trinajstić information content (AvgIpc) is 3.11. The molecule has 2 heterocycles. The monoisotopic (exact) mass is 307 g/mol. The molecule has 1 aliphatic heterocycles. The number of amides is 1. The van der Waals surface area contributed by atoms with Gasteiger partial charge in [-0.2, -0.15) is 0 Å². The smallest absolute Gasteiger partial charge is 0.221 e. The first kappa shape index (κ1) is 15.0. The number of nitrogens with two attached hydrogens (primary N) is 1. The molecule has 2 aliphatic rings. The number of likely N-dealkylation sites (tertiary alicyclic amines) is 1. The van der Waals surface area contributed by atoms with Crippen LogP contribution in [0.15, 0.2) is 5.38 Å². The molecule has 0 spiro atoms. The van der Waals surface area contributed by atoms with Gasteiger partial charge in [-0.05, 0) is 32.6 Å². The molecule has 3 rings (SSSR count). The molecule has 0 aromatic carbocycles. The summed E-state index contributed by atoms with van der Waals surface area (Å²) in [4.78, 5) is 18.6. The van der Waals surface area contributed by atoms with E-state index in [-0.39, 0.29) is 11.8 Å². The van der Waals surface area contributed by atoms with Crippen LogP contribution in [-0.4, -0.2) is 28.4 Å². The Kier molecular flexibility index (Phi) is 4.60. The van der Waals surface area contributed by atoms with Crippen molar-refractivity contribution < 1.29 is 4.79 Å². The Morgan fingerprint density at radius 3 is 2.86 bits per heavy atom. The molecule has 5 heteroatoms. The maximum atomic E-state index is 11.4. The summed E-state index contributed by atoms with van der Waals surface area (Å²) >= 11 is 1.81. The molecule has 21 heavy (non-hydrogen) atoms. The predicted molar refractivity (Wildman–Crippen MR) is 85.1 cm³/mol. The van der Waals surface area contributed by atoms with E-state index in [4.69, 9.17) is 10.7 Å². The second-order valence-corrected chi connectivity index (χ2v) is 7.50. The normalized spacial score (nSPS) is 28.0. The van der Waals surface area contributed by atoms with Gasteiger partial charge in [0, 0.05) is 30.4 Å². The van der Waals surface area contributed by atoms with Gasteiger partial charge in [0.05, 0.1) is 16.6 Å². The van der Waals surface area contributed by atoms with Crippen LogP contribution < -0.4 is 5.73 Å². The molecular formula is C16H25N3OS. The van der Waals surface area contributed by atoms with Gasteiger partial charge in [0.2, 0.25) is 5.91 Å². The van der Waals surface area contributed by atoms with Crippen molar-refractivity contribution in [3.63, 3.8) is 0 Å². The van der Waals surface area contributed by atoms with E-state index in [1.54, 1.807) is 0 Å². The summed E-state index contributed by atoms with van der Waals surface area (Å²) in [6.45, 7) is 3.88. The highest BCUT2D eigenvalue weighted by Crippen LogP contribution is 2.36. The highest BCUT2D eigenvalue weighted by atomic mass is 32.1. The standard InChI is InChI=1S/C16H25N3OS/c1-11-6-7-13(15(17)20)8-19(11)9-14-10-21-16(18-14)12-4-2-3-5-12/h10-13H,2-9H2,1H3,(H2,17,20)/t11-,13-/m0/s1. The lowest BCUT2D eigenvalue weighted by Crippen LogP contribution is -2.45. The third-order valence-electron chi connectivity index (χ3n) is 5.05. The predicted octanol–water partition coefficient (Wildman–Crippen LogP) is 2.89. The molecule has 1 aromatic heterocycles. The second-order valence-electron chi connectivity index (χ2n) is 6.61. The molecule has 1 aromatic rings. The van der Waals surface area contributed by atoms with Gasteiger partial charge in [-0.25, -0.2) is 4.98 Å². The average molecular weight is 307 g/mol. The minimum absolute atomic E-state index is 0.00846. The van der Waals surface area contributed by atoms with Crippen molar-refractivity contribution in [3.8, 4) is 0 Å². The third-order valence-corrected chi connectivity index (χ3v) is 6.11. The van der Waals surface area contributed by atoms with Gasteiger partial charge in [-0.15, -0.1) is 11.3 Å². The Labute approximate surface area is 130 Å². The molecule has 1 aliphatic carbocycles. The zero-order chi connectivity index (χ0) is 14.8. The quantitative estimate of drug-likeness (QED) is 0.930. The lowest BCUT2D eigenvalue weighted by molar-refractivity contribution is -0.124. The van der Waals surface area contributed by atoms with Crippen molar-refractivity contribution in [1.82, 2.24) is 9.88 Å². The molecule has 2 N–H and O–H groups in total. The molecule has 0 radical (unpaired) electrons. The number of carbonyl (C=O) groups excluding carboxylic acids is 1. The van der Waals surface area contributed by atoms with Crippen molar-refractivity contribution in [2.75, 3.05) is 6.54 Å². The Bertz CT molecular complexity index is 495. The third kappa shape index (κ3) is 3.46. The van der Waals surface area contributed by atoms with Crippen LogP contribution >= 0.6 is 11.3 Å². The molecule has 2 fully saturated rings. The first-order chi connectivity index (χ1) is 10.1. The number of aromatic nitrogens is 1. The van der Waals surface area contributed by atoms with Gasteiger partial charge in [0.25, 0.3) is 0 Å². The SMILES string of the molecule is C[C@H]1CC[C@H](C(N)=O)CN1Cc1csc(C2CCCC2)n1. The van der Waals surface area contributed by atoms with Crippen LogP contribution in [0.25, 0.3) is 0 Å². The molecule has 1 saturated heterocycles. The van der Waals surface area contributed by atoms with E-state index in [0.29, 0.717) is 12.0 Å². The Morgan fingerprint density at radius 2 is 2.14 bits per heavy atom. The molecule has 4 nitrogen and oxygen atoms in total. The molecular weight excluding hydrogens is 282 g/mol. The largest absolute Gasteiger partial charge is 0.369 e. The van der Waals surface area contributed by atoms with E-state index in [0.717, 1.165) is 25.9 Å². The number of piperidine rings is 1. The molecule has 0 bridgehead atoms. The van der Waals surface area contributed by atoms with Gasteiger partial charge in [0.15, 0.2) is 0 Å². The second kappa shape index (κ2) is 6.44. The fourth-order valence-corrected chi connectivity index (χ4v) is 4.58. The van der Waals surface area contributed by atoms with E-state index in [1.807, 2.05) is 11.3 Å². The van der Waals surface area contributed by atoms with E-state index in [9.17, 15) is 4.79 Å². The van der Waals surface area contributed by atoms with Crippen molar-refractivity contribution >= 4 is 17.2 Å². The van der Waals surface area contributed by atoms with Crippen LogP contribution in [0.2, 0.25) is 0 Å². The summed E-state index contributed by atoms with van der Waals surface area (Å²) in [6, 6.07) is 0.511. The summed E-state index contributed by atoms with van der Waals surface area (Å²) in [5.74, 6) is 0.548. The molecule has 2 atom stereocenters. The first-order valence-electron chi connectivity index (χ1n) is 8.11. The fourth-order valence-electron chi connectivity index (χ4n) is 3.60. The summed E-state index contributed by atoms with van der Waals surface area (Å²) in [5, 5.41) is 3.52. The maximum absolute atomic E-state index is 11.4. The number of hydrogen-bond acceptors (Lipinski definition) is 4. The number of nitrogens with zero attached hydrogens (tertiary/aromatic N) is 2. The summed E-state index contributed by atoms with van der Waals surface area (Å²) in [5.41, 5.74) is 6.64. The van der Waals surface area contributed by atoms with Gasteiger partial charge < -0.3 is 5.73 Å². The van der Waals surface area contributed by atoms with Crippen molar-refractivity contribution in [2.24, 2.45) is 11.7 Å². The van der Waals surface area contributed by atoms with Crippen LogP contribution in [-0.2, 0) is 11.3 Å². The number of hydrogen-bond donors (Lipinski definition) is 1. The summed E-state index contributed by atoms with van der Waals surface area (Å²) < 4.78 is 0. The van der Waals surface area contributed by atoms with E-state index in [2.05, 4.69) is 17.2 Å². The van der Waals surface area contributed by atoms with Gasteiger partial charge in [-0.1, -0.05) is 12.8 Å². The Hall–Kier alpha value is -0.940. The molecule has 1 saturated carbocycles. The highest BCUT2D eigenvalue weighted by Gasteiger charge is 2.29. The lowest BCUT2D eigenvalue weighted by atomic mass is 9.93. The van der Waals surface area contributed by atoms with Gasteiger partial charge >= 0.3 is 0 Å². The van der Waals surface area contributed by atoms with Crippen LogP contribution in [0.1, 0.15) is 62.1 Å². The van der Waals surface area contributed by atoms with E-state index in [1.165, 1.54) is 36.4 Å². The number of thiazole rings is 1. The molecule has 0 unspecified atom stereocenters. The van der Waals surface area contributed by atoms with E-state index < -0.39 is 0 Å². The highest BCUT2D eigenvalue weighted by molar-refractivity contribution is 7.09. The van der Waals surface area contributed by atoms with Crippen LogP contribution in [0.4, 0.5) is 0 Å². The van der Waals surface area contributed by atoms with Gasteiger partial charge in [-0.3, -0.25) is 9.69 Å². The van der Waals surface area contributed by atoms with Crippen molar-refractivity contribution in [2.45, 2.75) is 64.0 Å². The number of rotatable bonds is 4. The van der Waals surface area contributed by atoms with Crippen LogP contribution in [0.5, 0.6) is 0 Å². The Balaban J connectivity index is 1.63. The number of carbonyl (C=O) groups is 1. The number of primary amides is 1. The van der Waals surface area contributed by atoms with Crippen LogP contribution in [0, 0.1) is 5.92 Å². The minimum Gasteiger partial charge on any atom is -0.369 e. The van der Waals surface area contributed by atoms with Crippen molar-refractivity contribution in [1.29, 1.82) is 0 Å². The van der Waals surface area contributed by atoms with Crippen molar-refractivity contribution in [3.05, 3.63) is 16.1 Å². The molecule has 116 valence electrons. The summed E-state index contributed by atoms with van der Waals surface area (Å²) in [6.07, 6.45) is 7.28. The van der Waals surface area contributed by atoms with Gasteiger partial charge in [0.1, 0.15) is 0 Å². The Morgan fingerprint density at radius 1 is 1.38 bits per heavy atom. The zero-order valence-electron chi connectivity index (χ0n) is 12.8. The maximum Gasteiger partial charge on any atom is 0.221 e. The lowest BCUT2D eigenvalue weighted by Gasteiger charge is -2.36. The van der Waals surface area contributed by atoms with Crippen LogP contribution in [0.3, 0.4) is 0 Å². The zero-order valence-corrected chi connectivity index (χ0v) is 13.6. The molecule has 1 amide bonds. The topological polar surface area (TPSA) is 59.2 Å². The van der Waals surface area contributed by atoms with E-state index >= 15 is 0 Å². The summed E-state index contributed by atoms with van der Waals surface area (Å²) in [7, 11) is 0.